The molecule has 1 rings (SSSR count). The van der Waals surface area contributed by atoms with Crippen molar-refractivity contribution in [1.82, 2.24) is 4.98 Å². The minimum atomic E-state index is -4.27. The van der Waals surface area contributed by atoms with E-state index in [-0.39, 0.29) is 15.2 Å². The first-order valence-electron chi connectivity index (χ1n) is 3.73. The molecule has 84 valence electrons. The molecule has 1 heterocycles. The second-order valence-corrected chi connectivity index (χ2v) is 3.82. The van der Waals surface area contributed by atoms with Crippen LogP contribution in [0.3, 0.4) is 0 Å². The molecule has 0 amide bonds. The Morgan fingerprint density at radius 2 is 2.20 bits per heavy atom. The molecule has 0 N–H and O–H groups in total. The van der Waals surface area contributed by atoms with Gasteiger partial charge in [-0.15, -0.1) is 0 Å². The Morgan fingerprint density at radius 3 is 2.67 bits per heavy atom. The molecule has 0 bridgehead atoms. The minimum absolute atomic E-state index is 0.0358. The Morgan fingerprint density at radius 1 is 1.53 bits per heavy atom. The number of alkyl halides is 3. The zero-order chi connectivity index (χ0) is 11.5. The number of carbonyl (C=O) groups excluding carboxylic acids is 1. The average Bonchev–Trinajstić information content (AvgIpc) is 2.44. The van der Waals surface area contributed by atoms with Gasteiger partial charge < -0.3 is 4.74 Å². The van der Waals surface area contributed by atoms with Gasteiger partial charge in [-0.3, -0.25) is 4.79 Å². The van der Waals surface area contributed by atoms with E-state index in [1.54, 1.807) is 0 Å². The van der Waals surface area contributed by atoms with Crippen molar-refractivity contribution >= 4 is 29.2 Å². The Hall–Kier alpha value is -0.820. The van der Waals surface area contributed by atoms with Gasteiger partial charge in [-0.1, -0.05) is 22.9 Å². The second-order valence-electron chi connectivity index (χ2n) is 2.47. The zero-order valence-corrected chi connectivity index (χ0v) is 8.75. The zero-order valence-electron chi connectivity index (χ0n) is 7.18. The molecule has 8 heteroatoms. The van der Waals surface area contributed by atoms with Crippen molar-refractivity contribution in [3.63, 3.8) is 0 Å². The first-order chi connectivity index (χ1) is 6.92. The molecule has 0 saturated carbocycles. The Labute approximate surface area is 91.8 Å². The van der Waals surface area contributed by atoms with E-state index in [2.05, 4.69) is 9.72 Å². The van der Waals surface area contributed by atoms with Crippen LogP contribution in [-0.4, -0.2) is 24.1 Å². The molecule has 1 aromatic heterocycles. The second kappa shape index (κ2) is 4.80. The smallest absolute Gasteiger partial charge is 0.392 e. The largest absolute Gasteiger partial charge is 0.470 e. The van der Waals surface area contributed by atoms with E-state index in [0.717, 1.165) is 11.3 Å². The molecule has 0 aliphatic carbocycles. The molecule has 0 spiro atoms. The van der Waals surface area contributed by atoms with Gasteiger partial charge >= 0.3 is 6.18 Å². The molecule has 0 atom stereocenters. The van der Waals surface area contributed by atoms with Crippen molar-refractivity contribution in [3.8, 4) is 5.19 Å². The van der Waals surface area contributed by atoms with Crippen LogP contribution < -0.4 is 4.74 Å². The highest BCUT2D eigenvalue weighted by atomic mass is 35.5. The van der Waals surface area contributed by atoms with Gasteiger partial charge in [0, 0.05) is 0 Å². The lowest BCUT2D eigenvalue weighted by atomic mass is 10.4. The standard InChI is InChI=1S/C7H5ClF3NO2S/c8-5-4(3-13)15-6(12-5)14-2-1-7(9,10)11/h3H,1-2H2. The molecule has 0 aliphatic rings. The minimum Gasteiger partial charge on any atom is -0.470 e. The summed E-state index contributed by atoms with van der Waals surface area (Å²) in [5.41, 5.74) is 0. The van der Waals surface area contributed by atoms with Gasteiger partial charge in [0.1, 0.15) is 4.88 Å². The molecule has 0 unspecified atom stereocenters. The fourth-order valence-corrected chi connectivity index (χ4v) is 1.62. The fourth-order valence-electron chi connectivity index (χ4n) is 0.683. The van der Waals surface area contributed by atoms with Crippen molar-refractivity contribution in [3.05, 3.63) is 10.0 Å². The number of carbonyl (C=O) groups is 1. The van der Waals surface area contributed by atoms with Crippen molar-refractivity contribution in [2.45, 2.75) is 12.6 Å². The predicted molar refractivity (Wildman–Crippen MR) is 48.7 cm³/mol. The Bertz CT molecular complexity index is 352. The van der Waals surface area contributed by atoms with Gasteiger partial charge in [-0.25, -0.2) is 0 Å². The van der Waals surface area contributed by atoms with E-state index < -0.39 is 19.2 Å². The average molecular weight is 260 g/mol. The third-order valence-electron chi connectivity index (χ3n) is 1.31. The third kappa shape index (κ3) is 4.05. The van der Waals surface area contributed by atoms with Gasteiger partial charge in [-0.05, 0) is 0 Å². The molecule has 3 nitrogen and oxygen atoms in total. The fraction of sp³-hybridized carbons (Fsp3) is 0.429. The van der Waals surface area contributed by atoms with Crippen LogP contribution in [0.5, 0.6) is 5.19 Å². The van der Waals surface area contributed by atoms with Crippen molar-refractivity contribution in [2.24, 2.45) is 0 Å². The van der Waals surface area contributed by atoms with E-state index in [4.69, 9.17) is 11.6 Å². The molecule has 0 aromatic carbocycles. The van der Waals surface area contributed by atoms with E-state index in [9.17, 15) is 18.0 Å². The summed E-state index contributed by atoms with van der Waals surface area (Å²) >= 11 is 6.29. The summed E-state index contributed by atoms with van der Waals surface area (Å²) in [4.78, 5) is 14.0. The molecule has 0 saturated heterocycles. The molecular formula is C7H5ClF3NO2S. The number of aldehydes is 1. The van der Waals surface area contributed by atoms with E-state index in [0.29, 0.717) is 6.29 Å². The number of aromatic nitrogens is 1. The SMILES string of the molecule is O=Cc1sc(OCCC(F)(F)F)nc1Cl. The molecule has 0 fully saturated rings. The number of rotatable bonds is 4. The van der Waals surface area contributed by atoms with Crippen LogP contribution in [0.1, 0.15) is 16.1 Å². The Balaban J connectivity index is 2.48. The van der Waals surface area contributed by atoms with Gasteiger partial charge in [0.2, 0.25) is 0 Å². The summed E-state index contributed by atoms with van der Waals surface area (Å²) in [6.45, 7) is -0.536. The summed E-state index contributed by atoms with van der Waals surface area (Å²) < 4.78 is 39.9. The monoisotopic (exact) mass is 259 g/mol. The number of hydrogen-bond donors (Lipinski definition) is 0. The molecule has 0 radical (unpaired) electrons. The first kappa shape index (κ1) is 12.3. The number of halogens is 4. The number of hydrogen-bond acceptors (Lipinski definition) is 4. The highest BCUT2D eigenvalue weighted by Gasteiger charge is 2.27. The van der Waals surface area contributed by atoms with Crippen molar-refractivity contribution in [1.29, 1.82) is 0 Å². The normalized spacial score (nSPS) is 11.5. The third-order valence-corrected chi connectivity index (χ3v) is 2.60. The number of ether oxygens (including phenoxy) is 1. The lowest BCUT2D eigenvalue weighted by molar-refractivity contribution is -0.139. The number of thiazole rings is 1. The van der Waals surface area contributed by atoms with Crippen LogP contribution in [-0.2, 0) is 0 Å². The van der Waals surface area contributed by atoms with Crippen LogP contribution in [0.25, 0.3) is 0 Å². The highest BCUT2D eigenvalue weighted by molar-refractivity contribution is 7.15. The van der Waals surface area contributed by atoms with E-state index >= 15 is 0 Å². The van der Waals surface area contributed by atoms with Crippen molar-refractivity contribution in [2.75, 3.05) is 6.61 Å². The lowest BCUT2D eigenvalue weighted by Gasteiger charge is -2.05. The summed E-state index contributed by atoms with van der Waals surface area (Å²) in [5, 5.41) is -0.0941. The summed E-state index contributed by atoms with van der Waals surface area (Å²) in [6, 6.07) is 0. The van der Waals surface area contributed by atoms with Gasteiger partial charge in [0.25, 0.3) is 5.19 Å². The summed E-state index contributed by atoms with van der Waals surface area (Å²) in [5.74, 6) is 0. The predicted octanol–water partition coefficient (Wildman–Crippen LogP) is 2.94. The first-order valence-corrected chi connectivity index (χ1v) is 4.93. The van der Waals surface area contributed by atoms with Crippen LogP contribution in [0, 0.1) is 0 Å². The topological polar surface area (TPSA) is 39.2 Å². The molecule has 0 aliphatic heterocycles. The Kier molecular flexibility index (Phi) is 3.92. The quantitative estimate of drug-likeness (QED) is 0.781. The molecule has 15 heavy (non-hydrogen) atoms. The van der Waals surface area contributed by atoms with Gasteiger partial charge in [0.05, 0.1) is 13.0 Å². The number of nitrogens with zero attached hydrogens (tertiary/aromatic N) is 1. The van der Waals surface area contributed by atoms with Crippen LogP contribution in [0.15, 0.2) is 0 Å². The maximum Gasteiger partial charge on any atom is 0.392 e. The summed E-state index contributed by atoms with van der Waals surface area (Å²) in [7, 11) is 0. The van der Waals surface area contributed by atoms with Crippen molar-refractivity contribution < 1.29 is 22.7 Å². The highest BCUT2D eigenvalue weighted by Crippen LogP contribution is 2.28. The van der Waals surface area contributed by atoms with E-state index in [1.165, 1.54) is 0 Å². The summed E-state index contributed by atoms with van der Waals surface area (Å²) in [6.07, 6.45) is -4.87. The van der Waals surface area contributed by atoms with Gasteiger partial charge in [-0.2, -0.15) is 18.2 Å². The van der Waals surface area contributed by atoms with Crippen LogP contribution >= 0.6 is 22.9 Å². The maximum absolute atomic E-state index is 11.7. The van der Waals surface area contributed by atoms with Crippen LogP contribution in [0.2, 0.25) is 5.15 Å². The maximum atomic E-state index is 11.7. The molecule has 1 aromatic rings. The van der Waals surface area contributed by atoms with E-state index in [1.807, 2.05) is 0 Å². The van der Waals surface area contributed by atoms with Crippen LogP contribution in [0.4, 0.5) is 13.2 Å². The lowest BCUT2D eigenvalue weighted by Crippen LogP contribution is -2.12. The van der Waals surface area contributed by atoms with Gasteiger partial charge in [0.15, 0.2) is 11.4 Å². The molecular weight excluding hydrogens is 255 g/mol.